The number of thiol groups is 1. The van der Waals surface area contributed by atoms with Crippen molar-refractivity contribution in [3.63, 3.8) is 0 Å². The minimum atomic E-state index is -0.599. The van der Waals surface area contributed by atoms with Gasteiger partial charge in [0.15, 0.2) is 0 Å². The van der Waals surface area contributed by atoms with Crippen molar-refractivity contribution in [2.45, 2.75) is 24.3 Å². The summed E-state index contributed by atoms with van der Waals surface area (Å²) in [6.07, 6.45) is 6.75. The summed E-state index contributed by atoms with van der Waals surface area (Å²) in [4.78, 5) is 0. The van der Waals surface area contributed by atoms with E-state index in [0.717, 1.165) is 18.4 Å². The fraction of sp³-hybridized carbons (Fsp3) is 0.538. The number of aromatic hydroxyl groups is 1. The summed E-state index contributed by atoms with van der Waals surface area (Å²) >= 11 is 4.55. The summed E-state index contributed by atoms with van der Waals surface area (Å²) in [5.74, 6) is 1.64. The predicted molar refractivity (Wildman–Crippen MR) is 79.2 cm³/mol. The van der Waals surface area contributed by atoms with Gasteiger partial charge in [-0.2, -0.15) is 12.6 Å². The van der Waals surface area contributed by atoms with E-state index >= 15 is 0 Å². The van der Waals surface area contributed by atoms with Crippen molar-refractivity contribution < 1.29 is 5.11 Å². The van der Waals surface area contributed by atoms with Gasteiger partial charge < -0.3 is 5.11 Å². The standard InChI is InChI=1S/C13H22OS2/c1-11(15)16(2,3)10-6-8-12-7-4-5-9-13(12)14/h4-5,7,9,11,14-15H,6,8,10H2,1-3H3. The highest BCUT2D eigenvalue weighted by molar-refractivity contribution is 8.37. The molecule has 1 atom stereocenters. The van der Waals surface area contributed by atoms with Crippen molar-refractivity contribution in [3.8, 4) is 5.75 Å². The number of rotatable bonds is 5. The minimum absolute atomic E-state index is 0.425. The molecule has 0 bridgehead atoms. The summed E-state index contributed by atoms with van der Waals surface area (Å²) in [5, 5.41) is 9.64. The predicted octanol–water partition coefficient (Wildman–Crippen LogP) is 3.66. The molecule has 0 heterocycles. The third-order valence-corrected chi connectivity index (χ3v) is 7.93. The van der Waals surface area contributed by atoms with E-state index in [1.807, 2.05) is 18.2 Å². The van der Waals surface area contributed by atoms with Crippen molar-refractivity contribution in [1.29, 1.82) is 0 Å². The Hall–Kier alpha value is -0.280. The monoisotopic (exact) mass is 258 g/mol. The number of hydrogen-bond acceptors (Lipinski definition) is 2. The molecule has 0 radical (unpaired) electrons. The zero-order valence-corrected chi connectivity index (χ0v) is 12.0. The smallest absolute Gasteiger partial charge is 0.118 e. The molecule has 1 rings (SSSR count). The van der Waals surface area contributed by atoms with Crippen LogP contribution in [0.4, 0.5) is 0 Å². The van der Waals surface area contributed by atoms with Gasteiger partial charge in [-0.15, -0.1) is 0 Å². The molecule has 0 amide bonds. The normalized spacial score (nSPS) is 14.8. The fourth-order valence-electron chi connectivity index (χ4n) is 1.53. The maximum absolute atomic E-state index is 9.64. The third kappa shape index (κ3) is 3.95. The van der Waals surface area contributed by atoms with Crippen LogP contribution in [0.2, 0.25) is 0 Å². The summed E-state index contributed by atoms with van der Waals surface area (Å²) in [7, 11) is -0.599. The van der Waals surface area contributed by atoms with Gasteiger partial charge in [0.1, 0.15) is 5.75 Å². The van der Waals surface area contributed by atoms with E-state index in [1.54, 1.807) is 6.07 Å². The average Bonchev–Trinajstić information content (AvgIpc) is 2.20. The summed E-state index contributed by atoms with van der Waals surface area (Å²) in [6, 6.07) is 7.61. The Kier molecular flexibility index (Phi) is 5.06. The van der Waals surface area contributed by atoms with Gasteiger partial charge in [-0.25, -0.2) is 10.0 Å². The Morgan fingerprint density at radius 1 is 1.31 bits per heavy atom. The van der Waals surface area contributed by atoms with Gasteiger partial charge in [-0.05, 0) is 49.7 Å². The maximum atomic E-state index is 9.64. The van der Waals surface area contributed by atoms with Crippen molar-refractivity contribution in [3.05, 3.63) is 29.8 Å². The molecule has 0 spiro atoms. The van der Waals surface area contributed by atoms with Crippen LogP contribution >= 0.6 is 22.7 Å². The molecule has 1 nitrogen and oxygen atoms in total. The van der Waals surface area contributed by atoms with Crippen LogP contribution in [0, 0.1) is 0 Å². The highest BCUT2D eigenvalue weighted by atomic mass is 32.3. The Morgan fingerprint density at radius 3 is 2.50 bits per heavy atom. The highest BCUT2D eigenvalue weighted by Gasteiger charge is 2.16. The fourth-order valence-corrected chi connectivity index (χ4v) is 3.07. The molecule has 0 saturated carbocycles. The topological polar surface area (TPSA) is 20.2 Å². The lowest BCUT2D eigenvalue weighted by Crippen LogP contribution is -2.11. The van der Waals surface area contributed by atoms with E-state index in [9.17, 15) is 5.11 Å². The molecular formula is C13H22OS2. The van der Waals surface area contributed by atoms with E-state index < -0.39 is 10.0 Å². The Morgan fingerprint density at radius 2 is 1.94 bits per heavy atom. The minimum Gasteiger partial charge on any atom is -0.508 e. The molecule has 0 fully saturated rings. The molecule has 0 aliphatic carbocycles. The Balaban J connectivity index is 2.45. The van der Waals surface area contributed by atoms with Gasteiger partial charge in [0.2, 0.25) is 0 Å². The van der Waals surface area contributed by atoms with Crippen LogP contribution in [0.25, 0.3) is 0 Å². The van der Waals surface area contributed by atoms with E-state index in [0.29, 0.717) is 10.3 Å². The first-order chi connectivity index (χ1) is 7.43. The molecule has 0 aliphatic rings. The van der Waals surface area contributed by atoms with Gasteiger partial charge in [0.05, 0.1) is 0 Å². The van der Waals surface area contributed by atoms with E-state index in [2.05, 4.69) is 32.1 Å². The van der Waals surface area contributed by atoms with Crippen molar-refractivity contribution in [1.82, 2.24) is 0 Å². The quantitative estimate of drug-likeness (QED) is 0.772. The molecule has 1 aromatic rings. The first-order valence-corrected chi connectivity index (χ1v) is 8.78. The second-order valence-corrected chi connectivity index (χ2v) is 10.1. The molecule has 1 unspecified atom stereocenters. The van der Waals surface area contributed by atoms with Crippen molar-refractivity contribution in [2.75, 3.05) is 18.3 Å². The van der Waals surface area contributed by atoms with Gasteiger partial charge >= 0.3 is 0 Å². The van der Waals surface area contributed by atoms with E-state index in [1.165, 1.54) is 5.75 Å². The zero-order chi connectivity index (χ0) is 12.2. The van der Waals surface area contributed by atoms with Crippen LogP contribution in [-0.2, 0) is 6.42 Å². The van der Waals surface area contributed by atoms with Crippen LogP contribution in [0.5, 0.6) is 5.75 Å². The van der Waals surface area contributed by atoms with Crippen LogP contribution in [0.1, 0.15) is 18.9 Å². The maximum Gasteiger partial charge on any atom is 0.118 e. The first kappa shape index (κ1) is 13.8. The molecule has 16 heavy (non-hydrogen) atoms. The Bertz CT molecular complexity index is 334. The van der Waals surface area contributed by atoms with Crippen molar-refractivity contribution >= 4 is 22.7 Å². The molecule has 3 heteroatoms. The first-order valence-electron chi connectivity index (χ1n) is 5.58. The van der Waals surface area contributed by atoms with Crippen LogP contribution < -0.4 is 0 Å². The second-order valence-electron chi connectivity index (χ2n) is 4.66. The van der Waals surface area contributed by atoms with Crippen LogP contribution in [0.3, 0.4) is 0 Å². The summed E-state index contributed by atoms with van der Waals surface area (Å²) in [6.45, 7) is 2.18. The van der Waals surface area contributed by atoms with Gasteiger partial charge in [-0.3, -0.25) is 0 Å². The number of benzene rings is 1. The average molecular weight is 258 g/mol. The molecular weight excluding hydrogens is 236 g/mol. The molecule has 0 aromatic heterocycles. The van der Waals surface area contributed by atoms with Gasteiger partial charge in [-0.1, -0.05) is 18.2 Å². The second kappa shape index (κ2) is 5.87. The number of aryl methyl sites for hydroxylation is 1. The number of hydrogen-bond donors (Lipinski definition) is 2. The summed E-state index contributed by atoms with van der Waals surface area (Å²) in [5.41, 5.74) is 1.06. The lowest BCUT2D eigenvalue weighted by atomic mass is 10.1. The lowest BCUT2D eigenvalue weighted by molar-refractivity contribution is 0.467. The Labute approximate surface area is 106 Å². The SMILES string of the molecule is CC(S)S(C)(C)CCCc1ccccc1O. The number of para-hydroxylation sites is 1. The third-order valence-electron chi connectivity index (χ3n) is 3.03. The molecule has 0 aliphatic heterocycles. The number of phenols is 1. The van der Waals surface area contributed by atoms with Gasteiger partial charge in [0, 0.05) is 4.58 Å². The summed E-state index contributed by atoms with van der Waals surface area (Å²) < 4.78 is 0.483. The lowest BCUT2D eigenvalue weighted by Gasteiger charge is -2.35. The number of phenolic OH excluding ortho intramolecular Hbond substituents is 1. The molecule has 92 valence electrons. The zero-order valence-electron chi connectivity index (χ0n) is 10.3. The molecule has 1 N–H and O–H groups in total. The van der Waals surface area contributed by atoms with E-state index in [4.69, 9.17) is 0 Å². The largest absolute Gasteiger partial charge is 0.508 e. The van der Waals surface area contributed by atoms with Crippen LogP contribution in [0.15, 0.2) is 24.3 Å². The molecule has 0 saturated heterocycles. The van der Waals surface area contributed by atoms with Crippen LogP contribution in [-0.4, -0.2) is 28.0 Å². The van der Waals surface area contributed by atoms with Gasteiger partial charge in [0.25, 0.3) is 0 Å². The van der Waals surface area contributed by atoms with Crippen molar-refractivity contribution in [2.24, 2.45) is 0 Å². The highest BCUT2D eigenvalue weighted by Crippen LogP contribution is 2.47. The molecule has 1 aromatic carbocycles. The van der Waals surface area contributed by atoms with E-state index in [-0.39, 0.29) is 0 Å².